The first-order valence-electron chi connectivity index (χ1n) is 13.7. The van der Waals surface area contributed by atoms with Crippen LogP contribution in [0.1, 0.15) is 15.9 Å². The average Bonchev–Trinajstić information content (AvgIpc) is 3.57. The number of imidazole rings is 1. The summed E-state index contributed by atoms with van der Waals surface area (Å²) in [5.74, 6) is -1.46. The Bertz CT molecular complexity index is 1960. The number of carbonyl (C=O) groups is 2. The van der Waals surface area contributed by atoms with Crippen molar-refractivity contribution in [2.45, 2.75) is 22.4 Å². The molecule has 0 spiro atoms. The number of rotatable bonds is 12. The molecule has 2 heterocycles. The molecule has 0 bridgehead atoms. The summed E-state index contributed by atoms with van der Waals surface area (Å²) in [5, 5.41) is 15.7. The lowest BCUT2D eigenvalue weighted by Crippen LogP contribution is -2.47. The van der Waals surface area contributed by atoms with Gasteiger partial charge in [-0.1, -0.05) is 30.3 Å². The van der Waals surface area contributed by atoms with Crippen LogP contribution in [0, 0.1) is 0 Å². The maximum Gasteiger partial charge on any atom is 0.323 e. The Balaban J connectivity index is 1.23. The van der Waals surface area contributed by atoms with Gasteiger partial charge in [0.15, 0.2) is 5.95 Å². The molecule has 3 aromatic carbocycles. The lowest BCUT2D eigenvalue weighted by Gasteiger charge is -2.16. The molecule has 5 rings (SSSR count). The highest BCUT2D eigenvalue weighted by molar-refractivity contribution is 7.84. The highest BCUT2D eigenvalue weighted by atomic mass is 32.2. The van der Waals surface area contributed by atoms with E-state index in [0.29, 0.717) is 33.2 Å². The minimum atomic E-state index is -1.91. The van der Waals surface area contributed by atoms with Gasteiger partial charge in [0.1, 0.15) is 22.6 Å². The lowest BCUT2D eigenvalue weighted by molar-refractivity contribution is -0.138. The first kappa shape index (κ1) is 31.5. The fourth-order valence-electron chi connectivity index (χ4n) is 4.62. The van der Waals surface area contributed by atoms with Gasteiger partial charge in [0, 0.05) is 66.1 Å². The predicted octanol–water partition coefficient (Wildman–Crippen LogP) is 2.77. The topological polar surface area (TPSA) is 175 Å². The Morgan fingerprint density at radius 2 is 1.67 bits per heavy atom. The number of carboxylic acids is 1. The zero-order chi connectivity index (χ0) is 32.1. The number of pyridine rings is 1. The van der Waals surface area contributed by atoms with E-state index >= 15 is 0 Å². The number of hydrogen-bond acceptors (Lipinski definition) is 7. The number of aliphatic carboxylic acids is 1. The molecule has 0 aliphatic carbocycles. The number of H-pyrrole nitrogens is 1. The molecule has 5 N–H and O–H groups in total. The van der Waals surface area contributed by atoms with Gasteiger partial charge >= 0.3 is 5.97 Å². The SMILES string of the molecule is Cn1cc(C(=O)NC[C@H](NS(=O)c2ccc(-c3ccc(S(C)=O)cc3)cc2)C(=O)O)c(=O)c2ccc(CNc3ncc[nH]3)cc21. The highest BCUT2D eigenvalue weighted by Gasteiger charge is 2.23. The van der Waals surface area contributed by atoms with Crippen LogP contribution in [0.25, 0.3) is 22.0 Å². The molecule has 0 radical (unpaired) electrons. The summed E-state index contributed by atoms with van der Waals surface area (Å²) in [5.41, 5.74) is 2.59. The van der Waals surface area contributed by atoms with Crippen molar-refractivity contribution < 1.29 is 23.1 Å². The van der Waals surface area contributed by atoms with Gasteiger partial charge in [0.25, 0.3) is 5.91 Å². The second-order valence-electron chi connectivity index (χ2n) is 10.1. The molecule has 0 saturated carbocycles. The molecule has 232 valence electrons. The average molecular weight is 647 g/mol. The summed E-state index contributed by atoms with van der Waals surface area (Å²) in [7, 11) is -1.29. The number of carbonyl (C=O) groups excluding carboxylic acids is 1. The number of fused-ring (bicyclic) bond motifs is 1. The van der Waals surface area contributed by atoms with E-state index in [-0.39, 0.29) is 5.56 Å². The summed E-state index contributed by atoms with van der Waals surface area (Å²) in [4.78, 5) is 46.3. The van der Waals surface area contributed by atoms with Crippen molar-refractivity contribution >= 4 is 50.5 Å². The molecule has 12 nitrogen and oxygen atoms in total. The van der Waals surface area contributed by atoms with Crippen molar-refractivity contribution in [3.63, 3.8) is 0 Å². The first-order chi connectivity index (χ1) is 21.6. The summed E-state index contributed by atoms with van der Waals surface area (Å²) in [6.07, 6.45) is 6.34. The molecule has 0 fully saturated rings. The smallest absolute Gasteiger partial charge is 0.323 e. The minimum absolute atomic E-state index is 0.148. The molecular weight excluding hydrogens is 617 g/mol. The molecule has 45 heavy (non-hydrogen) atoms. The van der Waals surface area contributed by atoms with Gasteiger partial charge in [-0.15, -0.1) is 0 Å². The number of aryl methyl sites for hydroxylation is 1. The third-order valence-corrected chi connectivity index (χ3v) is 9.19. The number of aromatic amines is 1. The van der Waals surface area contributed by atoms with Gasteiger partial charge in [0.2, 0.25) is 5.43 Å². The number of benzene rings is 3. The van der Waals surface area contributed by atoms with Crippen LogP contribution in [0.4, 0.5) is 5.95 Å². The van der Waals surface area contributed by atoms with Crippen LogP contribution in [0.15, 0.2) is 99.9 Å². The van der Waals surface area contributed by atoms with Gasteiger partial charge in [-0.2, -0.15) is 0 Å². The standard InChI is InChI=1S/C31H30N6O6S2/c1-37-18-25(28(38)24-12-3-19(15-27(24)37)16-35-31-32-13-14-33-31)29(39)34-17-26(30(40)41)36-45(43)23-10-6-21(7-11-23)20-4-8-22(9-5-20)44(2)42/h3-15,18,26,36H,16-17H2,1-2H3,(H,34,39)(H,40,41)(H2,32,33,35)/t26-,44?,45?/m0/s1. The van der Waals surface area contributed by atoms with Gasteiger partial charge in [0.05, 0.1) is 10.4 Å². The van der Waals surface area contributed by atoms with E-state index in [1.807, 2.05) is 18.2 Å². The molecule has 0 aliphatic rings. The van der Waals surface area contributed by atoms with Crippen LogP contribution in [0.2, 0.25) is 0 Å². The van der Waals surface area contributed by atoms with Crippen molar-refractivity contribution in [3.05, 3.63) is 107 Å². The Hall–Kier alpha value is -4.92. The number of aromatic nitrogens is 3. The molecule has 5 aromatic rings. The van der Waals surface area contributed by atoms with Gasteiger partial charge in [-0.3, -0.25) is 18.6 Å². The minimum Gasteiger partial charge on any atom is -0.480 e. The van der Waals surface area contributed by atoms with Crippen molar-refractivity contribution in [1.82, 2.24) is 24.6 Å². The molecule has 2 unspecified atom stereocenters. The number of anilines is 1. The van der Waals surface area contributed by atoms with E-state index < -0.39 is 51.7 Å². The largest absolute Gasteiger partial charge is 0.480 e. The third kappa shape index (κ3) is 7.42. The molecule has 0 aliphatic heterocycles. The Kier molecular flexibility index (Phi) is 9.66. The van der Waals surface area contributed by atoms with E-state index in [4.69, 9.17) is 0 Å². The fourth-order valence-corrected chi connectivity index (χ4v) is 6.11. The lowest BCUT2D eigenvalue weighted by atomic mass is 10.1. The normalized spacial score (nSPS) is 13.2. The van der Waals surface area contributed by atoms with Crippen molar-refractivity contribution in [2.75, 3.05) is 18.1 Å². The first-order valence-corrected chi connectivity index (χ1v) is 16.4. The zero-order valence-electron chi connectivity index (χ0n) is 24.3. The Morgan fingerprint density at radius 3 is 2.27 bits per heavy atom. The quantitative estimate of drug-likeness (QED) is 0.138. The van der Waals surface area contributed by atoms with Crippen LogP contribution in [-0.4, -0.2) is 58.8 Å². The Labute approximate surface area is 263 Å². The highest BCUT2D eigenvalue weighted by Crippen LogP contribution is 2.22. The molecular formula is C31H30N6O6S2. The molecule has 14 heteroatoms. The van der Waals surface area contributed by atoms with Crippen molar-refractivity contribution in [3.8, 4) is 11.1 Å². The van der Waals surface area contributed by atoms with Crippen LogP contribution in [0.3, 0.4) is 0 Å². The van der Waals surface area contributed by atoms with Crippen LogP contribution in [0.5, 0.6) is 0 Å². The Morgan fingerprint density at radius 1 is 1.00 bits per heavy atom. The maximum absolute atomic E-state index is 13.2. The molecule has 3 atom stereocenters. The third-order valence-electron chi connectivity index (χ3n) is 7.06. The van der Waals surface area contributed by atoms with Gasteiger partial charge in [-0.05, 0) is 53.1 Å². The summed E-state index contributed by atoms with van der Waals surface area (Å²) < 4.78 is 28.8. The second kappa shape index (κ2) is 13.8. The van der Waals surface area contributed by atoms with E-state index in [2.05, 4.69) is 25.3 Å². The zero-order valence-corrected chi connectivity index (χ0v) is 25.9. The summed E-state index contributed by atoms with van der Waals surface area (Å²) in [6.45, 7) is 0.0492. The molecule has 0 saturated heterocycles. The fraction of sp³-hybridized carbons (Fsp3) is 0.161. The van der Waals surface area contributed by atoms with Gasteiger partial charge < -0.3 is 25.3 Å². The van der Waals surface area contributed by atoms with E-state index in [0.717, 1.165) is 16.7 Å². The number of nitrogens with zero attached hydrogens (tertiary/aromatic N) is 2. The van der Waals surface area contributed by atoms with Crippen LogP contribution in [-0.2, 0) is 40.2 Å². The van der Waals surface area contributed by atoms with Crippen molar-refractivity contribution in [1.29, 1.82) is 0 Å². The maximum atomic E-state index is 13.2. The molecule has 1 amide bonds. The number of amides is 1. The monoisotopic (exact) mass is 646 g/mol. The van der Waals surface area contributed by atoms with Crippen molar-refractivity contribution in [2.24, 2.45) is 7.05 Å². The van der Waals surface area contributed by atoms with Crippen LogP contribution >= 0.6 is 0 Å². The summed E-state index contributed by atoms with van der Waals surface area (Å²) >= 11 is 0. The number of carboxylic acid groups (broad SMARTS) is 1. The van der Waals surface area contributed by atoms with Crippen LogP contribution < -0.4 is 20.8 Å². The van der Waals surface area contributed by atoms with E-state index in [1.165, 1.54) is 6.20 Å². The van der Waals surface area contributed by atoms with E-state index in [9.17, 15) is 27.9 Å². The number of hydrogen-bond donors (Lipinski definition) is 5. The van der Waals surface area contributed by atoms with Gasteiger partial charge in [-0.25, -0.2) is 13.9 Å². The van der Waals surface area contributed by atoms with E-state index in [1.54, 1.807) is 78.8 Å². The second-order valence-corrected chi connectivity index (χ2v) is 12.7. The summed E-state index contributed by atoms with van der Waals surface area (Å²) in [6, 6.07) is 17.8. The predicted molar refractivity (Wildman–Crippen MR) is 173 cm³/mol. The number of nitrogens with one attached hydrogen (secondary N) is 4. The molecule has 2 aromatic heterocycles.